The van der Waals surface area contributed by atoms with Crippen molar-refractivity contribution in [3.8, 4) is 0 Å². The molecule has 0 bridgehead atoms. The number of hydrogen-bond donors (Lipinski definition) is 2. The molecule has 29 heavy (non-hydrogen) atoms. The van der Waals surface area contributed by atoms with E-state index in [-0.39, 0.29) is 23.6 Å². The van der Waals surface area contributed by atoms with Crippen molar-refractivity contribution < 1.29 is 14.4 Å². The molecular weight excluding hydrogens is 436 g/mol. The molecule has 3 rings (SSSR count). The van der Waals surface area contributed by atoms with Crippen LogP contribution in [-0.2, 0) is 9.59 Å². The van der Waals surface area contributed by atoms with Crippen molar-refractivity contribution in [1.29, 1.82) is 0 Å². The van der Waals surface area contributed by atoms with E-state index >= 15 is 0 Å². The Hall–Kier alpha value is -2.74. The lowest BCUT2D eigenvalue weighted by Crippen LogP contribution is -2.47. The Morgan fingerprint density at radius 2 is 1.97 bits per heavy atom. The summed E-state index contributed by atoms with van der Waals surface area (Å²) in [6, 6.07) is 9.62. The Bertz CT molecular complexity index is 914. The molecule has 1 fully saturated rings. The zero-order valence-corrected chi connectivity index (χ0v) is 17.9. The van der Waals surface area contributed by atoms with Gasteiger partial charge in [-0.05, 0) is 58.6 Å². The highest BCUT2D eigenvalue weighted by molar-refractivity contribution is 9.10. The summed E-state index contributed by atoms with van der Waals surface area (Å²) in [5.74, 6) is -0.158. The van der Waals surface area contributed by atoms with Crippen molar-refractivity contribution in [3.63, 3.8) is 0 Å². The first-order chi connectivity index (χ1) is 13.8. The maximum Gasteiger partial charge on any atom is 0.256 e. The molecule has 1 aromatic heterocycles. The molecule has 0 radical (unpaired) electrons. The number of halogens is 1. The molecule has 1 unspecified atom stereocenters. The van der Waals surface area contributed by atoms with Gasteiger partial charge in [-0.1, -0.05) is 19.9 Å². The Kier molecular flexibility index (Phi) is 6.64. The van der Waals surface area contributed by atoms with Gasteiger partial charge < -0.3 is 15.5 Å². The number of amides is 3. The van der Waals surface area contributed by atoms with Gasteiger partial charge in [-0.2, -0.15) is 0 Å². The Morgan fingerprint density at radius 1 is 1.17 bits per heavy atom. The van der Waals surface area contributed by atoms with Crippen molar-refractivity contribution in [2.75, 3.05) is 17.2 Å². The van der Waals surface area contributed by atoms with E-state index in [0.717, 1.165) is 10.9 Å². The molecule has 0 aliphatic carbocycles. The number of hydrogen-bond acceptors (Lipinski definition) is 4. The second-order valence-corrected chi connectivity index (χ2v) is 8.18. The minimum atomic E-state index is -0.533. The van der Waals surface area contributed by atoms with Crippen LogP contribution in [-0.4, -0.2) is 40.2 Å². The summed E-state index contributed by atoms with van der Waals surface area (Å²) in [4.78, 5) is 43.2. The van der Waals surface area contributed by atoms with Crippen molar-refractivity contribution >= 4 is 45.2 Å². The van der Waals surface area contributed by atoms with Gasteiger partial charge >= 0.3 is 0 Å². The standard InChI is InChI=1S/C21H23BrN4O3/c1-13(2)19(26-10-4-7-18(26)27)21(29)24-16-6-3-5-14(11-16)20(28)25-17-9-8-15(22)12-23-17/h3,5-6,8-9,11-13,19H,4,7,10H2,1-2H3,(H,24,29)(H,23,25,28). The summed E-state index contributed by atoms with van der Waals surface area (Å²) in [7, 11) is 0. The second-order valence-electron chi connectivity index (χ2n) is 7.27. The summed E-state index contributed by atoms with van der Waals surface area (Å²) in [5, 5.41) is 5.57. The van der Waals surface area contributed by atoms with Gasteiger partial charge in [0.25, 0.3) is 5.91 Å². The lowest BCUT2D eigenvalue weighted by Gasteiger charge is -2.29. The second kappa shape index (κ2) is 9.17. The van der Waals surface area contributed by atoms with E-state index in [0.29, 0.717) is 30.0 Å². The van der Waals surface area contributed by atoms with Crippen LogP contribution in [0.4, 0.5) is 11.5 Å². The molecule has 8 heteroatoms. The average Bonchev–Trinajstić information content (AvgIpc) is 3.09. The Balaban J connectivity index is 1.71. The third kappa shape index (κ3) is 5.20. The van der Waals surface area contributed by atoms with Gasteiger partial charge in [-0.25, -0.2) is 4.98 Å². The number of aromatic nitrogens is 1. The number of pyridine rings is 1. The average molecular weight is 459 g/mol. The van der Waals surface area contributed by atoms with Crippen molar-refractivity contribution in [1.82, 2.24) is 9.88 Å². The highest BCUT2D eigenvalue weighted by Gasteiger charge is 2.34. The number of anilines is 2. The van der Waals surface area contributed by atoms with Gasteiger partial charge in [0.15, 0.2) is 0 Å². The molecule has 152 valence electrons. The SMILES string of the molecule is CC(C)C(C(=O)Nc1cccc(C(=O)Nc2ccc(Br)cn2)c1)N1CCCC1=O. The first-order valence-corrected chi connectivity index (χ1v) is 10.3. The van der Waals surface area contributed by atoms with E-state index < -0.39 is 6.04 Å². The number of rotatable bonds is 6. The molecule has 1 aliphatic rings. The van der Waals surface area contributed by atoms with Crippen molar-refractivity contribution in [2.45, 2.75) is 32.7 Å². The monoisotopic (exact) mass is 458 g/mol. The fourth-order valence-electron chi connectivity index (χ4n) is 3.36. The third-order valence-electron chi connectivity index (χ3n) is 4.71. The molecule has 1 saturated heterocycles. The molecule has 1 aliphatic heterocycles. The van der Waals surface area contributed by atoms with Crippen LogP contribution in [0.5, 0.6) is 0 Å². The predicted octanol–water partition coefficient (Wildman–Crippen LogP) is 3.68. The molecule has 7 nitrogen and oxygen atoms in total. The third-order valence-corrected chi connectivity index (χ3v) is 5.18. The van der Waals surface area contributed by atoms with Crippen LogP contribution >= 0.6 is 15.9 Å². The van der Waals surface area contributed by atoms with E-state index in [1.165, 1.54) is 0 Å². The van der Waals surface area contributed by atoms with E-state index in [2.05, 4.69) is 31.5 Å². The minimum absolute atomic E-state index is 0.00831. The number of carbonyl (C=O) groups is 3. The van der Waals surface area contributed by atoms with Crippen LogP contribution in [0.2, 0.25) is 0 Å². The smallest absolute Gasteiger partial charge is 0.256 e. The van der Waals surface area contributed by atoms with Crippen LogP contribution in [0.25, 0.3) is 0 Å². The maximum atomic E-state index is 12.9. The van der Waals surface area contributed by atoms with E-state index in [1.54, 1.807) is 47.5 Å². The lowest BCUT2D eigenvalue weighted by molar-refractivity contribution is -0.136. The molecule has 2 N–H and O–H groups in total. The normalized spacial score (nSPS) is 14.8. The predicted molar refractivity (Wildman–Crippen MR) is 115 cm³/mol. The van der Waals surface area contributed by atoms with Gasteiger partial charge in [-0.15, -0.1) is 0 Å². The molecule has 0 saturated carbocycles. The maximum absolute atomic E-state index is 12.9. The van der Waals surface area contributed by atoms with Crippen LogP contribution in [0.15, 0.2) is 47.1 Å². The van der Waals surface area contributed by atoms with Crippen molar-refractivity contribution in [2.24, 2.45) is 5.92 Å². The number of benzene rings is 1. The minimum Gasteiger partial charge on any atom is -0.330 e. The summed E-state index contributed by atoms with van der Waals surface area (Å²) in [6.45, 7) is 4.44. The topological polar surface area (TPSA) is 91.4 Å². The first kappa shape index (κ1) is 21.0. The number of likely N-dealkylation sites (tertiary alicyclic amines) is 1. The summed E-state index contributed by atoms with van der Waals surface area (Å²) in [6.07, 6.45) is 2.85. The zero-order chi connectivity index (χ0) is 21.0. The lowest BCUT2D eigenvalue weighted by atomic mass is 10.0. The number of nitrogens with one attached hydrogen (secondary N) is 2. The fourth-order valence-corrected chi connectivity index (χ4v) is 3.59. The fraction of sp³-hybridized carbons (Fsp3) is 0.333. The van der Waals surface area contributed by atoms with E-state index in [9.17, 15) is 14.4 Å². The molecular formula is C21H23BrN4O3. The van der Waals surface area contributed by atoms with Crippen LogP contribution in [0.3, 0.4) is 0 Å². The molecule has 2 aromatic rings. The Labute approximate surface area is 178 Å². The van der Waals surface area contributed by atoms with Crippen LogP contribution < -0.4 is 10.6 Å². The molecule has 1 aromatic carbocycles. The van der Waals surface area contributed by atoms with Gasteiger partial charge in [0, 0.05) is 34.9 Å². The number of nitrogens with zero attached hydrogens (tertiary/aromatic N) is 2. The van der Waals surface area contributed by atoms with Crippen LogP contribution in [0, 0.1) is 5.92 Å². The van der Waals surface area contributed by atoms with E-state index in [4.69, 9.17) is 0 Å². The zero-order valence-electron chi connectivity index (χ0n) is 16.3. The molecule has 1 atom stereocenters. The van der Waals surface area contributed by atoms with E-state index in [1.807, 2.05) is 13.8 Å². The highest BCUT2D eigenvalue weighted by atomic mass is 79.9. The first-order valence-electron chi connectivity index (χ1n) is 9.48. The van der Waals surface area contributed by atoms with Crippen molar-refractivity contribution in [3.05, 3.63) is 52.6 Å². The van der Waals surface area contributed by atoms with Gasteiger partial charge in [0.05, 0.1) is 0 Å². The summed E-state index contributed by atoms with van der Waals surface area (Å²) >= 11 is 3.30. The number of carbonyl (C=O) groups excluding carboxylic acids is 3. The molecule has 3 amide bonds. The quantitative estimate of drug-likeness (QED) is 0.690. The molecule has 2 heterocycles. The molecule has 0 spiro atoms. The Morgan fingerprint density at radius 3 is 2.59 bits per heavy atom. The van der Waals surface area contributed by atoms with Gasteiger partial charge in [0.2, 0.25) is 11.8 Å². The van der Waals surface area contributed by atoms with Crippen LogP contribution in [0.1, 0.15) is 37.0 Å². The van der Waals surface area contributed by atoms with Gasteiger partial charge in [0.1, 0.15) is 11.9 Å². The highest BCUT2D eigenvalue weighted by Crippen LogP contribution is 2.21. The summed E-state index contributed by atoms with van der Waals surface area (Å²) in [5.41, 5.74) is 0.898. The summed E-state index contributed by atoms with van der Waals surface area (Å²) < 4.78 is 0.816. The largest absolute Gasteiger partial charge is 0.330 e. The van der Waals surface area contributed by atoms with Gasteiger partial charge in [-0.3, -0.25) is 14.4 Å².